The average molecular weight is 1140 g/mol. The molecule has 0 aromatic rings. The zero-order valence-electron chi connectivity index (χ0n) is 45.6. The topological polar surface area (TPSA) is 511 Å². The summed E-state index contributed by atoms with van der Waals surface area (Å²) in [4.78, 5) is 181. The molecule has 2 aliphatic heterocycles. The van der Waals surface area contributed by atoms with Gasteiger partial charge >= 0.3 is 5.97 Å². The first kappa shape index (κ1) is 68.5. The average Bonchev–Trinajstić information content (AvgIpc) is 4.07. The normalized spacial score (nSPS) is 18.7. The molecule has 0 saturated carbocycles. The third kappa shape index (κ3) is 22.3. The number of carbonyl (C=O) groups excluding carboxylic acids is 13. The number of carboxylic acid groups (broad SMARTS) is 1. The van der Waals surface area contributed by atoms with Gasteiger partial charge in [0, 0.05) is 19.5 Å². The lowest BCUT2D eigenvalue weighted by molar-refractivity contribution is -0.142. The van der Waals surface area contributed by atoms with Crippen molar-refractivity contribution in [3.05, 3.63) is 0 Å². The fourth-order valence-corrected chi connectivity index (χ4v) is 8.16. The highest BCUT2D eigenvalue weighted by Crippen LogP contribution is 2.20. The molecule has 0 aliphatic carbocycles. The molecule has 33 nitrogen and oxygen atoms in total. The molecule has 0 spiro atoms. The molecule has 0 aromatic carbocycles. The number of hydrogen-bond acceptors (Lipinski definition) is 19. The van der Waals surface area contributed by atoms with Gasteiger partial charge in [-0.25, -0.2) is 4.79 Å². The van der Waals surface area contributed by atoms with E-state index < -0.39 is 188 Å². The molecule has 19 N–H and O–H groups in total. The van der Waals surface area contributed by atoms with E-state index in [4.69, 9.17) is 11.5 Å². The van der Waals surface area contributed by atoms with Gasteiger partial charge in [0.2, 0.25) is 76.8 Å². The number of nitrogens with one attached hydrogen (secondary N) is 11. The number of hydrogen-bond donors (Lipinski definition) is 17. The van der Waals surface area contributed by atoms with Crippen LogP contribution in [0.2, 0.25) is 0 Å². The summed E-state index contributed by atoms with van der Waals surface area (Å²) < 4.78 is 0. The summed E-state index contributed by atoms with van der Waals surface area (Å²) in [5.74, 6) is -13.0. The van der Waals surface area contributed by atoms with Crippen LogP contribution in [0.5, 0.6) is 0 Å². The van der Waals surface area contributed by atoms with Crippen molar-refractivity contribution >= 4 is 82.8 Å². The van der Waals surface area contributed by atoms with Gasteiger partial charge in [0.15, 0.2) is 0 Å². The first-order valence-corrected chi connectivity index (χ1v) is 26.0. The van der Waals surface area contributed by atoms with Crippen LogP contribution in [-0.2, 0) is 67.1 Å². The Morgan fingerprint density at radius 1 is 0.562 bits per heavy atom. The van der Waals surface area contributed by atoms with E-state index in [-0.39, 0.29) is 25.9 Å². The van der Waals surface area contributed by atoms with Crippen molar-refractivity contribution in [2.24, 2.45) is 17.4 Å². The molecular formula is C47H79N15O18. The van der Waals surface area contributed by atoms with Crippen LogP contribution in [0.25, 0.3) is 0 Å². The Morgan fingerprint density at radius 3 is 1.61 bits per heavy atom. The summed E-state index contributed by atoms with van der Waals surface area (Å²) in [6.45, 7) is 4.23. The zero-order chi connectivity index (χ0) is 60.6. The summed E-state index contributed by atoms with van der Waals surface area (Å²) in [6, 6.07) is -11.8. The van der Waals surface area contributed by atoms with Crippen LogP contribution in [-0.4, -0.2) is 239 Å². The minimum Gasteiger partial charge on any atom is -0.480 e. The van der Waals surface area contributed by atoms with Gasteiger partial charge in [-0.1, -0.05) is 13.8 Å². The SMILES string of the molecule is CC(C)[C@H](NC(=O)[C@H](CO)NC(=O)CNC(=O)[C@@H](NC(=O)[C@H](C)NC(=O)CNC(=O)[C@H](C)NC(=O)[C@@H]1CCCN1C(=O)CN)[C@@H](C)O)C(=O)NCC(=O)N[C@@H](C)C(=O)N1C[C@H](O)C[C@H]1C(=O)NCC(=O)N[C@@H](CCCCN)C(=O)O. The van der Waals surface area contributed by atoms with Crippen molar-refractivity contribution in [1.82, 2.24) is 68.3 Å². The third-order valence-corrected chi connectivity index (χ3v) is 12.6. The number of nitrogens with two attached hydrogens (primary N) is 2. The number of carbonyl (C=O) groups is 14. The van der Waals surface area contributed by atoms with Crippen molar-refractivity contribution in [3.8, 4) is 0 Å². The number of rotatable bonds is 32. The van der Waals surface area contributed by atoms with E-state index >= 15 is 0 Å². The highest BCUT2D eigenvalue weighted by Gasteiger charge is 2.41. The van der Waals surface area contributed by atoms with E-state index in [1.165, 1.54) is 39.5 Å². The lowest BCUT2D eigenvalue weighted by Gasteiger charge is -2.27. The third-order valence-electron chi connectivity index (χ3n) is 12.6. The lowest BCUT2D eigenvalue weighted by Crippen LogP contribution is -2.59. The first-order valence-electron chi connectivity index (χ1n) is 26.0. The number of amides is 13. The predicted molar refractivity (Wildman–Crippen MR) is 277 cm³/mol. The number of aliphatic hydroxyl groups is 3. The van der Waals surface area contributed by atoms with E-state index in [2.05, 4.69) is 58.5 Å². The summed E-state index contributed by atoms with van der Waals surface area (Å²) in [5, 5.41) is 65.2. The minimum atomic E-state index is -1.70. The number of unbranched alkanes of at least 4 members (excludes halogenated alkanes) is 1. The van der Waals surface area contributed by atoms with Gasteiger partial charge in [0.05, 0.1) is 51.5 Å². The smallest absolute Gasteiger partial charge is 0.326 e. The second-order valence-electron chi connectivity index (χ2n) is 19.5. The Balaban J connectivity index is 1.86. The molecule has 2 fully saturated rings. The molecular weight excluding hydrogens is 1060 g/mol. The highest BCUT2D eigenvalue weighted by atomic mass is 16.4. The maximum atomic E-state index is 13.4. The van der Waals surface area contributed by atoms with E-state index in [9.17, 15) is 87.5 Å². The number of aliphatic carboxylic acids is 1. The number of carboxylic acids is 1. The van der Waals surface area contributed by atoms with Crippen LogP contribution in [0, 0.1) is 5.92 Å². The lowest BCUT2D eigenvalue weighted by atomic mass is 10.0. The van der Waals surface area contributed by atoms with Crippen LogP contribution in [0.4, 0.5) is 0 Å². The predicted octanol–water partition coefficient (Wildman–Crippen LogP) is -9.94. The zero-order valence-corrected chi connectivity index (χ0v) is 45.6. The largest absolute Gasteiger partial charge is 0.480 e. The van der Waals surface area contributed by atoms with Gasteiger partial charge in [-0.3, -0.25) is 62.3 Å². The molecule has 0 aromatic heterocycles. The first-order chi connectivity index (χ1) is 37.6. The van der Waals surface area contributed by atoms with Crippen molar-refractivity contribution in [2.45, 2.75) is 147 Å². The van der Waals surface area contributed by atoms with Gasteiger partial charge in [0.1, 0.15) is 54.4 Å². The number of β-amino-alcohol motifs (C(OH)–C–C–N with tert-alkyl or cyclic N) is 1. The Bertz CT molecular complexity index is 2250. The maximum Gasteiger partial charge on any atom is 0.326 e. The summed E-state index contributed by atoms with van der Waals surface area (Å²) in [7, 11) is 0. The Hall–Kier alpha value is -7.62. The molecule has 0 radical (unpaired) electrons. The summed E-state index contributed by atoms with van der Waals surface area (Å²) in [6.07, 6.45) is -0.914. The molecule has 80 heavy (non-hydrogen) atoms. The summed E-state index contributed by atoms with van der Waals surface area (Å²) >= 11 is 0. The standard InChI is InChI=1S/C47H79N15O18/c1-22(2)37(44(76)52-17-33(67)55-25(5)46(78)62-20-27(65)14-31(62)42(74)51-18-34(68)57-28(47(79)80)10-7-8-12-48)59-41(73)29(21-63)58-35(69)19-53-45(77)38(26(6)64)60-40(72)24(4)54-32(66)16-50-39(71)23(3)56-43(75)30-11-9-13-61(30)36(70)15-49/h22-31,37-38,63-65H,7-21,48-49H2,1-6H3,(H,50,71)(H,51,74)(H,52,76)(H,53,77)(H,54,66)(H,55,67)(H,56,75)(H,57,68)(H,58,69)(H,59,73)(H,60,72)(H,79,80)/t23-,24-,25-,26+,27+,28-,29-,30-,31-,37-,38-/m0/s1. The number of aliphatic hydroxyl groups excluding tert-OH is 3. The molecule has 450 valence electrons. The van der Waals surface area contributed by atoms with Crippen LogP contribution in [0.1, 0.15) is 80.1 Å². The Morgan fingerprint density at radius 2 is 1.07 bits per heavy atom. The molecule has 2 heterocycles. The van der Waals surface area contributed by atoms with E-state index in [1.807, 2.05) is 0 Å². The van der Waals surface area contributed by atoms with Crippen LogP contribution < -0.4 is 70.0 Å². The molecule has 2 rings (SSSR count). The van der Waals surface area contributed by atoms with E-state index in [1.54, 1.807) is 0 Å². The van der Waals surface area contributed by atoms with Crippen LogP contribution in [0.3, 0.4) is 0 Å². The monoisotopic (exact) mass is 1140 g/mol. The second-order valence-corrected chi connectivity index (χ2v) is 19.5. The highest BCUT2D eigenvalue weighted by molar-refractivity contribution is 5.98. The van der Waals surface area contributed by atoms with Gasteiger partial charge in [0.25, 0.3) is 0 Å². The molecule has 2 aliphatic rings. The fourth-order valence-electron chi connectivity index (χ4n) is 8.16. The summed E-state index contributed by atoms with van der Waals surface area (Å²) in [5.41, 5.74) is 10.8. The van der Waals surface area contributed by atoms with Crippen LogP contribution in [0.15, 0.2) is 0 Å². The fraction of sp³-hybridized carbons (Fsp3) is 0.702. The minimum absolute atomic E-state index is 0.104. The van der Waals surface area contributed by atoms with Gasteiger partial charge in [-0.15, -0.1) is 0 Å². The molecule has 0 bridgehead atoms. The molecule has 33 heteroatoms. The molecule has 2 saturated heterocycles. The Labute approximate surface area is 460 Å². The van der Waals surface area contributed by atoms with Gasteiger partial charge in [-0.05, 0) is 72.3 Å². The van der Waals surface area contributed by atoms with Crippen molar-refractivity contribution in [1.29, 1.82) is 0 Å². The molecule has 11 atom stereocenters. The maximum absolute atomic E-state index is 13.4. The van der Waals surface area contributed by atoms with Crippen molar-refractivity contribution < 1.29 is 87.5 Å². The van der Waals surface area contributed by atoms with E-state index in [0.717, 1.165) is 11.8 Å². The van der Waals surface area contributed by atoms with E-state index in [0.29, 0.717) is 38.8 Å². The Kier molecular flexibility index (Phi) is 28.9. The number of likely N-dealkylation sites (tertiary alicyclic amines) is 2. The van der Waals surface area contributed by atoms with Gasteiger partial charge in [-0.2, -0.15) is 0 Å². The van der Waals surface area contributed by atoms with Crippen LogP contribution >= 0.6 is 0 Å². The molecule has 13 amide bonds. The molecule has 0 unspecified atom stereocenters. The van der Waals surface area contributed by atoms with Crippen molar-refractivity contribution in [2.75, 3.05) is 59.0 Å². The second kappa shape index (κ2) is 33.7. The van der Waals surface area contributed by atoms with Gasteiger partial charge < -0.3 is 100 Å². The quantitative estimate of drug-likeness (QED) is 0.0278. The van der Waals surface area contributed by atoms with Crippen molar-refractivity contribution in [3.63, 3.8) is 0 Å². The number of nitrogens with zero attached hydrogens (tertiary/aromatic N) is 2.